The van der Waals surface area contributed by atoms with Crippen LogP contribution >= 0.6 is 11.6 Å². The molecular formula is C18H19ClN2O3S. The molecule has 1 saturated carbocycles. The zero-order valence-electron chi connectivity index (χ0n) is 13.8. The van der Waals surface area contributed by atoms with E-state index in [1.807, 2.05) is 12.1 Å². The Kier molecular flexibility index (Phi) is 5.13. The maximum atomic E-state index is 13.0. The Labute approximate surface area is 152 Å². The van der Waals surface area contributed by atoms with Crippen molar-refractivity contribution in [2.24, 2.45) is 0 Å². The van der Waals surface area contributed by atoms with E-state index < -0.39 is 10.0 Å². The first kappa shape index (κ1) is 17.9. The standard InChI is InChI=1S/C18H19ClN2O3S/c1-20-18(22)14-5-9-17(10-6-14)25(23,24)21(16-7-8-16)12-13-3-2-4-15(19)11-13/h2-6,9-11,16H,7-8,12H2,1H3,(H,20,22). The molecule has 2 aromatic carbocycles. The molecule has 0 aliphatic heterocycles. The maximum absolute atomic E-state index is 13.0. The van der Waals surface area contributed by atoms with Gasteiger partial charge in [0, 0.05) is 30.2 Å². The van der Waals surface area contributed by atoms with E-state index in [1.54, 1.807) is 12.1 Å². The van der Waals surface area contributed by atoms with Crippen LogP contribution in [-0.2, 0) is 16.6 Å². The van der Waals surface area contributed by atoms with Gasteiger partial charge in [0.05, 0.1) is 4.90 Å². The molecule has 0 spiro atoms. The van der Waals surface area contributed by atoms with Crippen molar-refractivity contribution in [1.82, 2.24) is 9.62 Å². The number of amides is 1. The minimum Gasteiger partial charge on any atom is -0.355 e. The summed E-state index contributed by atoms with van der Waals surface area (Å²) in [5.41, 5.74) is 1.28. The molecule has 2 aromatic rings. The summed E-state index contributed by atoms with van der Waals surface area (Å²) < 4.78 is 27.6. The highest BCUT2D eigenvalue weighted by Gasteiger charge is 2.38. The predicted octanol–water partition coefficient (Wildman–Crippen LogP) is 3.05. The average molecular weight is 379 g/mol. The quantitative estimate of drug-likeness (QED) is 0.840. The van der Waals surface area contributed by atoms with Crippen LogP contribution in [0.1, 0.15) is 28.8 Å². The van der Waals surface area contributed by atoms with Crippen LogP contribution < -0.4 is 5.32 Å². The SMILES string of the molecule is CNC(=O)c1ccc(S(=O)(=O)N(Cc2cccc(Cl)c2)C2CC2)cc1. The van der Waals surface area contributed by atoms with E-state index in [9.17, 15) is 13.2 Å². The van der Waals surface area contributed by atoms with E-state index in [4.69, 9.17) is 11.6 Å². The van der Waals surface area contributed by atoms with Gasteiger partial charge in [0.1, 0.15) is 0 Å². The zero-order valence-corrected chi connectivity index (χ0v) is 15.3. The van der Waals surface area contributed by atoms with Gasteiger partial charge in [0.2, 0.25) is 10.0 Å². The molecule has 0 bridgehead atoms. The smallest absolute Gasteiger partial charge is 0.251 e. The molecule has 25 heavy (non-hydrogen) atoms. The number of nitrogens with one attached hydrogen (secondary N) is 1. The lowest BCUT2D eigenvalue weighted by atomic mass is 10.2. The van der Waals surface area contributed by atoms with Crippen LogP contribution in [-0.4, -0.2) is 31.7 Å². The first-order valence-electron chi connectivity index (χ1n) is 8.00. The van der Waals surface area contributed by atoms with Crippen molar-refractivity contribution in [2.45, 2.75) is 30.3 Å². The first-order chi connectivity index (χ1) is 11.9. The fourth-order valence-corrected chi connectivity index (χ4v) is 4.53. The first-order valence-corrected chi connectivity index (χ1v) is 9.82. The molecular weight excluding hydrogens is 360 g/mol. The number of hydrogen-bond acceptors (Lipinski definition) is 3. The van der Waals surface area contributed by atoms with Gasteiger partial charge < -0.3 is 5.32 Å². The lowest BCUT2D eigenvalue weighted by molar-refractivity contribution is 0.0963. The number of carbonyl (C=O) groups is 1. The summed E-state index contributed by atoms with van der Waals surface area (Å²) in [5.74, 6) is -0.248. The summed E-state index contributed by atoms with van der Waals surface area (Å²) in [4.78, 5) is 11.8. The monoisotopic (exact) mass is 378 g/mol. The molecule has 3 rings (SSSR count). The van der Waals surface area contributed by atoms with Crippen LogP contribution in [0.2, 0.25) is 5.02 Å². The van der Waals surface area contributed by atoms with Crippen LogP contribution in [0, 0.1) is 0 Å². The number of carbonyl (C=O) groups excluding carboxylic acids is 1. The summed E-state index contributed by atoms with van der Waals surface area (Å²) in [7, 11) is -2.10. The molecule has 0 saturated heterocycles. The van der Waals surface area contributed by atoms with Gasteiger partial charge in [-0.05, 0) is 54.8 Å². The fourth-order valence-electron chi connectivity index (χ4n) is 2.65. The lowest BCUT2D eigenvalue weighted by Crippen LogP contribution is -2.32. The van der Waals surface area contributed by atoms with Crippen molar-refractivity contribution in [3.05, 3.63) is 64.7 Å². The summed E-state index contributed by atoms with van der Waals surface area (Å²) in [5, 5.41) is 3.10. The second-order valence-electron chi connectivity index (χ2n) is 6.01. The number of benzene rings is 2. The van der Waals surface area contributed by atoms with Crippen molar-refractivity contribution in [1.29, 1.82) is 0 Å². The Morgan fingerprint density at radius 3 is 2.44 bits per heavy atom. The van der Waals surface area contributed by atoms with Crippen molar-refractivity contribution in [3.8, 4) is 0 Å². The van der Waals surface area contributed by atoms with Crippen molar-refractivity contribution >= 4 is 27.5 Å². The molecule has 5 nitrogen and oxygen atoms in total. The summed E-state index contributed by atoms with van der Waals surface area (Å²) >= 11 is 6.01. The second kappa shape index (κ2) is 7.15. The van der Waals surface area contributed by atoms with Crippen LogP contribution in [0.3, 0.4) is 0 Å². The van der Waals surface area contributed by atoms with E-state index in [-0.39, 0.29) is 23.4 Å². The molecule has 1 aliphatic carbocycles. The average Bonchev–Trinajstić information content (AvgIpc) is 3.44. The molecule has 0 atom stereocenters. The third-order valence-corrected chi connectivity index (χ3v) is 6.28. The number of halogens is 1. The Balaban J connectivity index is 1.88. The van der Waals surface area contributed by atoms with Gasteiger partial charge in [-0.25, -0.2) is 8.42 Å². The van der Waals surface area contributed by atoms with Gasteiger partial charge >= 0.3 is 0 Å². The highest BCUT2D eigenvalue weighted by molar-refractivity contribution is 7.89. The highest BCUT2D eigenvalue weighted by Crippen LogP contribution is 2.33. The minimum absolute atomic E-state index is 0.0163. The molecule has 1 aliphatic rings. The number of sulfonamides is 1. The normalized spacial score (nSPS) is 14.5. The molecule has 0 aromatic heterocycles. The van der Waals surface area contributed by atoms with E-state index in [0.717, 1.165) is 18.4 Å². The van der Waals surface area contributed by atoms with Gasteiger partial charge in [0.25, 0.3) is 5.91 Å². The molecule has 7 heteroatoms. The van der Waals surface area contributed by atoms with Crippen molar-refractivity contribution < 1.29 is 13.2 Å². The van der Waals surface area contributed by atoms with Crippen LogP contribution in [0.5, 0.6) is 0 Å². The van der Waals surface area contributed by atoms with Crippen LogP contribution in [0.25, 0.3) is 0 Å². The van der Waals surface area contributed by atoms with Gasteiger partial charge in [-0.15, -0.1) is 0 Å². The third-order valence-electron chi connectivity index (χ3n) is 4.13. The number of nitrogens with zero attached hydrogens (tertiary/aromatic N) is 1. The largest absolute Gasteiger partial charge is 0.355 e. The summed E-state index contributed by atoms with van der Waals surface area (Å²) in [6.45, 7) is 0.282. The third kappa shape index (κ3) is 4.03. The van der Waals surface area contributed by atoms with Crippen LogP contribution in [0.4, 0.5) is 0 Å². The Morgan fingerprint density at radius 1 is 1.20 bits per heavy atom. The minimum atomic E-state index is -3.64. The zero-order chi connectivity index (χ0) is 18.0. The van der Waals surface area contributed by atoms with Gasteiger partial charge in [0.15, 0.2) is 0 Å². The number of rotatable bonds is 6. The number of hydrogen-bond donors (Lipinski definition) is 1. The molecule has 0 heterocycles. The second-order valence-corrected chi connectivity index (χ2v) is 8.34. The maximum Gasteiger partial charge on any atom is 0.251 e. The van der Waals surface area contributed by atoms with E-state index in [1.165, 1.54) is 35.6 Å². The summed E-state index contributed by atoms with van der Waals surface area (Å²) in [6.07, 6.45) is 1.71. The molecule has 0 unspecified atom stereocenters. The Hall–Kier alpha value is -1.89. The van der Waals surface area contributed by atoms with Crippen molar-refractivity contribution in [2.75, 3.05) is 7.05 Å². The van der Waals surface area contributed by atoms with E-state index >= 15 is 0 Å². The van der Waals surface area contributed by atoms with Gasteiger partial charge in [-0.2, -0.15) is 4.31 Å². The topological polar surface area (TPSA) is 66.5 Å². The molecule has 1 fully saturated rings. The van der Waals surface area contributed by atoms with Crippen LogP contribution in [0.15, 0.2) is 53.4 Å². The Bertz CT molecular complexity index is 877. The molecule has 1 N–H and O–H groups in total. The van der Waals surface area contributed by atoms with E-state index in [2.05, 4.69) is 5.32 Å². The van der Waals surface area contributed by atoms with Gasteiger partial charge in [-0.3, -0.25) is 4.79 Å². The van der Waals surface area contributed by atoms with Crippen molar-refractivity contribution in [3.63, 3.8) is 0 Å². The lowest BCUT2D eigenvalue weighted by Gasteiger charge is -2.22. The summed E-state index contributed by atoms with van der Waals surface area (Å²) in [6, 6.07) is 13.2. The Morgan fingerprint density at radius 2 is 1.88 bits per heavy atom. The molecule has 0 radical (unpaired) electrons. The fraction of sp³-hybridized carbons (Fsp3) is 0.278. The molecule has 132 valence electrons. The predicted molar refractivity (Wildman–Crippen MR) is 97.0 cm³/mol. The molecule has 1 amide bonds. The highest BCUT2D eigenvalue weighted by atomic mass is 35.5. The van der Waals surface area contributed by atoms with E-state index in [0.29, 0.717) is 10.6 Å². The van der Waals surface area contributed by atoms with Gasteiger partial charge in [-0.1, -0.05) is 23.7 Å².